The maximum atomic E-state index is 11.7. The largest absolute Gasteiger partial charge is 0.386 e. The van der Waals surface area contributed by atoms with Crippen molar-refractivity contribution in [2.24, 2.45) is 0 Å². The van der Waals surface area contributed by atoms with Gasteiger partial charge in [0.25, 0.3) is 0 Å². The molecule has 100 valence electrons. The molecule has 0 unspecified atom stereocenters. The Morgan fingerprint density at radius 3 is 2.33 bits per heavy atom. The van der Waals surface area contributed by atoms with Gasteiger partial charge in [-0.3, -0.25) is 0 Å². The molecule has 0 N–H and O–H groups in total. The summed E-state index contributed by atoms with van der Waals surface area (Å²) in [6.07, 6.45) is 0. The lowest BCUT2D eigenvalue weighted by molar-refractivity contribution is 0.0444. The average Bonchev–Trinajstić information content (AvgIpc) is 2.81. The fraction of sp³-hybridized carbons (Fsp3) is 0. The van der Waals surface area contributed by atoms with Crippen molar-refractivity contribution in [2.45, 2.75) is 0 Å². The van der Waals surface area contributed by atoms with Crippen LogP contribution in [0.3, 0.4) is 0 Å². The zero-order valence-electron chi connectivity index (χ0n) is 11.0. The molecule has 0 bridgehead atoms. The summed E-state index contributed by atoms with van der Waals surface area (Å²) in [7, 11) is 0. The lowest BCUT2D eigenvalue weighted by atomic mass is 9.95. The topological polar surface area (TPSA) is 43.4 Å². The Morgan fingerprint density at radius 1 is 0.667 bits per heavy atom. The zero-order chi connectivity index (χ0) is 14.4. The first-order valence-electron chi connectivity index (χ1n) is 6.63. The Balaban J connectivity index is 1.96. The van der Waals surface area contributed by atoms with Crippen LogP contribution in [0, 0.1) is 0 Å². The van der Waals surface area contributed by atoms with Crippen LogP contribution in [0.2, 0.25) is 0 Å². The van der Waals surface area contributed by atoms with Crippen molar-refractivity contribution in [1.82, 2.24) is 0 Å². The molecular formula is C18H10O3. The van der Waals surface area contributed by atoms with Gasteiger partial charge in [0.2, 0.25) is 0 Å². The van der Waals surface area contributed by atoms with Crippen molar-refractivity contribution in [3.05, 3.63) is 71.8 Å². The second-order valence-corrected chi connectivity index (χ2v) is 4.96. The summed E-state index contributed by atoms with van der Waals surface area (Å²) in [5.41, 5.74) is 2.61. The Kier molecular flexibility index (Phi) is 2.42. The summed E-state index contributed by atoms with van der Waals surface area (Å²) in [5.74, 6) is -1.14. The number of esters is 2. The smallest absolute Gasteiger partial charge is 0.346 e. The number of carbonyl (C=O) groups excluding carboxylic acids is 2. The quantitative estimate of drug-likeness (QED) is 0.500. The Bertz CT molecular complexity index is 904. The van der Waals surface area contributed by atoms with Gasteiger partial charge in [-0.15, -0.1) is 0 Å². The number of hydrogen-bond acceptors (Lipinski definition) is 3. The zero-order valence-corrected chi connectivity index (χ0v) is 11.0. The average molecular weight is 274 g/mol. The van der Waals surface area contributed by atoms with Gasteiger partial charge >= 0.3 is 11.9 Å². The first-order chi connectivity index (χ1) is 10.2. The van der Waals surface area contributed by atoms with Crippen LogP contribution >= 0.6 is 0 Å². The minimum Gasteiger partial charge on any atom is -0.386 e. The highest BCUT2D eigenvalue weighted by atomic mass is 16.6. The molecule has 0 amide bonds. The van der Waals surface area contributed by atoms with Gasteiger partial charge in [0.1, 0.15) is 0 Å². The Morgan fingerprint density at radius 2 is 1.43 bits per heavy atom. The Hall–Kier alpha value is -2.94. The normalized spacial score (nSPS) is 13.3. The molecule has 21 heavy (non-hydrogen) atoms. The molecule has 1 heterocycles. The molecule has 0 saturated carbocycles. The van der Waals surface area contributed by atoms with E-state index in [-0.39, 0.29) is 0 Å². The third-order valence-electron chi connectivity index (χ3n) is 3.75. The van der Waals surface area contributed by atoms with E-state index in [0.29, 0.717) is 11.1 Å². The van der Waals surface area contributed by atoms with Crippen LogP contribution in [-0.4, -0.2) is 11.9 Å². The summed E-state index contributed by atoms with van der Waals surface area (Å²) in [6.45, 7) is 0. The van der Waals surface area contributed by atoms with Crippen molar-refractivity contribution in [2.75, 3.05) is 0 Å². The van der Waals surface area contributed by atoms with Crippen LogP contribution in [0.1, 0.15) is 20.7 Å². The summed E-state index contributed by atoms with van der Waals surface area (Å²) >= 11 is 0. The number of cyclic esters (lactones) is 2. The SMILES string of the molecule is O=C1OC(=O)c2cc(-c3cccc4ccccc34)ccc21. The van der Waals surface area contributed by atoms with E-state index in [1.54, 1.807) is 12.1 Å². The van der Waals surface area contributed by atoms with Crippen molar-refractivity contribution in [1.29, 1.82) is 0 Å². The van der Waals surface area contributed by atoms with Crippen LogP contribution < -0.4 is 0 Å². The number of hydrogen-bond donors (Lipinski definition) is 0. The molecule has 3 aromatic carbocycles. The van der Waals surface area contributed by atoms with Crippen LogP contribution in [0.25, 0.3) is 21.9 Å². The van der Waals surface area contributed by atoms with Gasteiger partial charge in [0, 0.05) is 0 Å². The van der Waals surface area contributed by atoms with Gasteiger partial charge in [-0.2, -0.15) is 0 Å². The molecule has 0 fully saturated rings. The maximum Gasteiger partial charge on any atom is 0.346 e. The van der Waals surface area contributed by atoms with Gasteiger partial charge < -0.3 is 4.74 Å². The molecule has 0 spiro atoms. The fourth-order valence-corrected chi connectivity index (χ4v) is 2.73. The molecule has 0 atom stereocenters. The van der Waals surface area contributed by atoms with Gasteiger partial charge in [-0.1, -0.05) is 48.5 Å². The minimum atomic E-state index is -0.572. The number of rotatable bonds is 1. The van der Waals surface area contributed by atoms with Crippen molar-refractivity contribution in [3.63, 3.8) is 0 Å². The highest BCUT2D eigenvalue weighted by Gasteiger charge is 2.29. The van der Waals surface area contributed by atoms with Gasteiger partial charge in [-0.05, 0) is 34.0 Å². The number of fused-ring (bicyclic) bond motifs is 2. The Labute approximate surface area is 120 Å². The summed E-state index contributed by atoms with van der Waals surface area (Å²) < 4.78 is 4.63. The van der Waals surface area contributed by atoms with E-state index in [9.17, 15) is 9.59 Å². The van der Waals surface area contributed by atoms with Crippen molar-refractivity contribution >= 4 is 22.7 Å². The summed E-state index contributed by atoms with van der Waals surface area (Å²) in [4.78, 5) is 23.2. The summed E-state index contributed by atoms with van der Waals surface area (Å²) in [6, 6.07) is 19.3. The van der Waals surface area contributed by atoms with E-state index in [1.165, 1.54) is 0 Å². The van der Waals surface area contributed by atoms with Crippen LogP contribution in [0.4, 0.5) is 0 Å². The molecule has 1 aliphatic heterocycles. The first kappa shape index (κ1) is 11.9. The first-order valence-corrected chi connectivity index (χ1v) is 6.63. The molecule has 1 aliphatic rings. The number of carbonyl (C=O) groups is 2. The second-order valence-electron chi connectivity index (χ2n) is 4.96. The third-order valence-corrected chi connectivity index (χ3v) is 3.75. The highest BCUT2D eigenvalue weighted by molar-refractivity contribution is 6.15. The highest BCUT2D eigenvalue weighted by Crippen LogP contribution is 2.31. The molecule has 0 aromatic heterocycles. The van der Waals surface area contributed by atoms with E-state index >= 15 is 0 Å². The van der Waals surface area contributed by atoms with Gasteiger partial charge in [0.15, 0.2) is 0 Å². The van der Waals surface area contributed by atoms with Crippen LogP contribution in [0.5, 0.6) is 0 Å². The van der Waals surface area contributed by atoms with Gasteiger partial charge in [0.05, 0.1) is 11.1 Å². The lowest BCUT2D eigenvalue weighted by Gasteiger charge is -2.07. The second kappa shape index (κ2) is 4.28. The van der Waals surface area contributed by atoms with E-state index in [1.807, 2.05) is 48.5 Å². The molecular weight excluding hydrogens is 264 g/mol. The predicted octanol–water partition coefficient (Wildman–Crippen LogP) is 3.82. The van der Waals surface area contributed by atoms with E-state index in [0.717, 1.165) is 21.9 Å². The van der Waals surface area contributed by atoms with Crippen LogP contribution in [0.15, 0.2) is 60.7 Å². The third kappa shape index (κ3) is 1.75. The monoisotopic (exact) mass is 274 g/mol. The summed E-state index contributed by atoms with van der Waals surface area (Å²) in [5, 5.41) is 2.24. The number of ether oxygens (including phenoxy) is 1. The molecule has 0 saturated heterocycles. The van der Waals surface area contributed by atoms with E-state index < -0.39 is 11.9 Å². The predicted molar refractivity (Wildman–Crippen MR) is 79.1 cm³/mol. The van der Waals surface area contributed by atoms with Gasteiger partial charge in [-0.25, -0.2) is 9.59 Å². The molecule has 4 rings (SSSR count). The minimum absolute atomic E-state index is 0.337. The van der Waals surface area contributed by atoms with E-state index in [2.05, 4.69) is 4.74 Å². The van der Waals surface area contributed by atoms with Crippen molar-refractivity contribution in [3.8, 4) is 11.1 Å². The molecule has 3 aromatic rings. The van der Waals surface area contributed by atoms with E-state index in [4.69, 9.17) is 0 Å². The molecule has 0 radical (unpaired) electrons. The van der Waals surface area contributed by atoms with Crippen molar-refractivity contribution < 1.29 is 14.3 Å². The standard InChI is InChI=1S/C18H10O3/c19-17-15-9-8-12(10-16(15)18(20)21-17)14-7-3-5-11-4-1-2-6-13(11)14/h1-10H. The lowest BCUT2D eigenvalue weighted by Crippen LogP contribution is -1.96. The van der Waals surface area contributed by atoms with Crippen LogP contribution in [-0.2, 0) is 4.74 Å². The fourth-order valence-electron chi connectivity index (χ4n) is 2.73. The number of benzene rings is 3. The molecule has 0 aliphatic carbocycles. The molecule has 3 heteroatoms. The maximum absolute atomic E-state index is 11.7. The molecule has 3 nitrogen and oxygen atoms in total.